The number of benzene rings is 1. The van der Waals surface area contributed by atoms with Crippen LogP contribution in [0.15, 0.2) is 30.3 Å². The molecule has 20 heavy (non-hydrogen) atoms. The topological polar surface area (TPSA) is 49.3 Å². The highest BCUT2D eigenvalue weighted by atomic mass is 16.3. The normalized spacial score (nSPS) is 24.1. The Balaban J connectivity index is 1.89. The Labute approximate surface area is 121 Å². The summed E-state index contributed by atoms with van der Waals surface area (Å²) in [7, 11) is 0. The van der Waals surface area contributed by atoms with E-state index in [9.17, 15) is 9.90 Å². The molecule has 0 aromatic heterocycles. The second kappa shape index (κ2) is 7.44. The summed E-state index contributed by atoms with van der Waals surface area (Å²) >= 11 is 0. The number of aliphatic hydroxyl groups is 1. The Bertz CT molecular complexity index is 418. The Morgan fingerprint density at radius 3 is 2.65 bits per heavy atom. The van der Waals surface area contributed by atoms with Crippen LogP contribution in [0.1, 0.15) is 50.5 Å². The molecule has 3 nitrogen and oxygen atoms in total. The van der Waals surface area contributed by atoms with E-state index in [1.165, 1.54) is 0 Å². The van der Waals surface area contributed by atoms with Crippen molar-refractivity contribution in [2.24, 2.45) is 5.92 Å². The molecule has 3 atom stereocenters. The van der Waals surface area contributed by atoms with Gasteiger partial charge < -0.3 is 10.4 Å². The number of aliphatic hydroxyl groups excluding tert-OH is 1. The molecule has 1 amide bonds. The zero-order valence-electron chi connectivity index (χ0n) is 12.2. The number of rotatable bonds is 5. The third-order valence-electron chi connectivity index (χ3n) is 4.33. The van der Waals surface area contributed by atoms with Gasteiger partial charge in [0.2, 0.25) is 5.91 Å². The maximum absolute atomic E-state index is 12.3. The standard InChI is InChI=1S/C17H25NO2/c1-2-15(13-8-4-3-5-9-13)17(20)18-12-14-10-6-7-11-16(14)19/h3-5,8-9,14-16,19H,2,6-7,10-12H2,1H3,(H,18,20). The summed E-state index contributed by atoms with van der Waals surface area (Å²) in [4.78, 5) is 12.3. The van der Waals surface area contributed by atoms with Crippen molar-refractivity contribution in [2.75, 3.05) is 6.54 Å². The van der Waals surface area contributed by atoms with Crippen molar-refractivity contribution in [1.82, 2.24) is 5.32 Å². The predicted molar refractivity (Wildman–Crippen MR) is 80.4 cm³/mol. The molecule has 1 aliphatic rings. The van der Waals surface area contributed by atoms with Gasteiger partial charge in [-0.05, 0) is 24.8 Å². The summed E-state index contributed by atoms with van der Waals surface area (Å²) in [6.45, 7) is 2.63. The number of amides is 1. The molecule has 2 rings (SSSR count). The van der Waals surface area contributed by atoms with E-state index in [1.54, 1.807) is 0 Å². The number of hydrogen-bond donors (Lipinski definition) is 2. The van der Waals surface area contributed by atoms with Gasteiger partial charge in [0.15, 0.2) is 0 Å². The minimum Gasteiger partial charge on any atom is -0.393 e. The fourth-order valence-corrected chi connectivity index (χ4v) is 3.04. The summed E-state index contributed by atoms with van der Waals surface area (Å²) in [5.41, 5.74) is 1.07. The van der Waals surface area contributed by atoms with E-state index in [0.717, 1.165) is 37.7 Å². The molecule has 0 aliphatic heterocycles. The van der Waals surface area contributed by atoms with E-state index < -0.39 is 0 Å². The van der Waals surface area contributed by atoms with E-state index in [4.69, 9.17) is 0 Å². The molecule has 1 aliphatic carbocycles. The molecule has 1 fully saturated rings. The number of hydrogen-bond acceptors (Lipinski definition) is 2. The van der Waals surface area contributed by atoms with Crippen LogP contribution in [-0.2, 0) is 4.79 Å². The van der Waals surface area contributed by atoms with Crippen LogP contribution >= 0.6 is 0 Å². The van der Waals surface area contributed by atoms with Gasteiger partial charge in [-0.25, -0.2) is 0 Å². The molecule has 110 valence electrons. The zero-order chi connectivity index (χ0) is 14.4. The maximum atomic E-state index is 12.3. The Morgan fingerprint density at radius 2 is 2.00 bits per heavy atom. The molecule has 1 aromatic carbocycles. The molecule has 3 heteroatoms. The highest BCUT2D eigenvalue weighted by molar-refractivity contribution is 5.83. The monoisotopic (exact) mass is 275 g/mol. The Morgan fingerprint density at radius 1 is 1.30 bits per heavy atom. The van der Waals surface area contributed by atoms with Crippen LogP contribution in [0.5, 0.6) is 0 Å². The van der Waals surface area contributed by atoms with Gasteiger partial charge >= 0.3 is 0 Å². The van der Waals surface area contributed by atoms with Crippen LogP contribution in [0.4, 0.5) is 0 Å². The van der Waals surface area contributed by atoms with Crippen LogP contribution < -0.4 is 5.32 Å². The van der Waals surface area contributed by atoms with Gasteiger partial charge in [-0.1, -0.05) is 50.1 Å². The quantitative estimate of drug-likeness (QED) is 0.868. The first-order valence-corrected chi connectivity index (χ1v) is 7.73. The lowest BCUT2D eigenvalue weighted by molar-refractivity contribution is -0.123. The molecule has 3 unspecified atom stereocenters. The van der Waals surface area contributed by atoms with E-state index >= 15 is 0 Å². The molecule has 0 saturated heterocycles. The summed E-state index contributed by atoms with van der Waals surface area (Å²) in [5, 5.41) is 13.0. The zero-order valence-corrected chi connectivity index (χ0v) is 12.2. The molecule has 0 radical (unpaired) electrons. The average molecular weight is 275 g/mol. The number of nitrogens with one attached hydrogen (secondary N) is 1. The summed E-state index contributed by atoms with van der Waals surface area (Å²) in [6, 6.07) is 9.91. The average Bonchev–Trinajstić information content (AvgIpc) is 2.48. The molecular formula is C17H25NO2. The molecule has 0 heterocycles. The first-order valence-electron chi connectivity index (χ1n) is 7.73. The third-order valence-corrected chi connectivity index (χ3v) is 4.33. The fourth-order valence-electron chi connectivity index (χ4n) is 3.04. The van der Waals surface area contributed by atoms with Crippen molar-refractivity contribution >= 4 is 5.91 Å². The first kappa shape index (κ1) is 15.0. The minimum absolute atomic E-state index is 0.0801. The van der Waals surface area contributed by atoms with Crippen molar-refractivity contribution in [1.29, 1.82) is 0 Å². The summed E-state index contributed by atoms with van der Waals surface area (Å²) < 4.78 is 0. The highest BCUT2D eigenvalue weighted by Gasteiger charge is 2.25. The summed E-state index contributed by atoms with van der Waals surface area (Å²) in [6.07, 6.45) is 4.70. The van der Waals surface area contributed by atoms with E-state index in [0.29, 0.717) is 6.54 Å². The second-order valence-corrected chi connectivity index (χ2v) is 5.73. The van der Waals surface area contributed by atoms with Crippen molar-refractivity contribution in [3.8, 4) is 0 Å². The van der Waals surface area contributed by atoms with Gasteiger partial charge in [0.1, 0.15) is 0 Å². The summed E-state index contributed by atoms with van der Waals surface area (Å²) in [5.74, 6) is 0.217. The van der Waals surface area contributed by atoms with Crippen LogP contribution in [0, 0.1) is 5.92 Å². The second-order valence-electron chi connectivity index (χ2n) is 5.73. The number of carbonyl (C=O) groups is 1. The third kappa shape index (κ3) is 3.83. The largest absolute Gasteiger partial charge is 0.393 e. The van der Waals surface area contributed by atoms with E-state index in [2.05, 4.69) is 5.32 Å². The van der Waals surface area contributed by atoms with Crippen molar-refractivity contribution in [3.05, 3.63) is 35.9 Å². The molecule has 2 N–H and O–H groups in total. The van der Waals surface area contributed by atoms with Gasteiger partial charge in [-0.3, -0.25) is 4.79 Å². The lowest BCUT2D eigenvalue weighted by Crippen LogP contribution is -2.38. The molecule has 0 spiro atoms. The van der Waals surface area contributed by atoms with Gasteiger partial charge in [0.05, 0.1) is 12.0 Å². The van der Waals surface area contributed by atoms with Crippen LogP contribution in [0.3, 0.4) is 0 Å². The number of carbonyl (C=O) groups excluding carboxylic acids is 1. The first-order chi connectivity index (χ1) is 9.72. The lowest BCUT2D eigenvalue weighted by atomic mass is 9.86. The Hall–Kier alpha value is -1.35. The molecular weight excluding hydrogens is 250 g/mol. The van der Waals surface area contributed by atoms with Gasteiger partial charge in [-0.2, -0.15) is 0 Å². The van der Waals surface area contributed by atoms with E-state index in [1.807, 2.05) is 37.3 Å². The van der Waals surface area contributed by atoms with Gasteiger partial charge in [0.25, 0.3) is 0 Å². The maximum Gasteiger partial charge on any atom is 0.227 e. The molecule has 1 saturated carbocycles. The molecule has 0 bridgehead atoms. The Kier molecular flexibility index (Phi) is 5.60. The molecule has 1 aromatic rings. The smallest absolute Gasteiger partial charge is 0.227 e. The highest BCUT2D eigenvalue weighted by Crippen LogP contribution is 2.24. The van der Waals surface area contributed by atoms with Crippen molar-refractivity contribution in [3.63, 3.8) is 0 Å². The van der Waals surface area contributed by atoms with Crippen LogP contribution in [0.2, 0.25) is 0 Å². The predicted octanol–water partition coefficient (Wildman–Crippen LogP) is 2.85. The minimum atomic E-state index is -0.249. The van der Waals surface area contributed by atoms with Crippen LogP contribution in [0.25, 0.3) is 0 Å². The lowest BCUT2D eigenvalue weighted by Gasteiger charge is -2.28. The van der Waals surface area contributed by atoms with Crippen LogP contribution in [-0.4, -0.2) is 23.7 Å². The van der Waals surface area contributed by atoms with Crippen molar-refractivity contribution < 1.29 is 9.90 Å². The fraction of sp³-hybridized carbons (Fsp3) is 0.588. The SMILES string of the molecule is CCC(C(=O)NCC1CCCCC1O)c1ccccc1. The van der Waals surface area contributed by atoms with E-state index in [-0.39, 0.29) is 23.8 Å². The van der Waals surface area contributed by atoms with Gasteiger partial charge in [0, 0.05) is 12.5 Å². The van der Waals surface area contributed by atoms with Crippen molar-refractivity contribution in [2.45, 2.75) is 51.0 Å². The van der Waals surface area contributed by atoms with Gasteiger partial charge in [-0.15, -0.1) is 0 Å².